The molecule has 0 fully saturated rings. The van der Waals surface area contributed by atoms with Crippen LogP contribution in [0.1, 0.15) is 34.1 Å². The van der Waals surface area contributed by atoms with Gasteiger partial charge in [0.1, 0.15) is 5.69 Å². The Balaban J connectivity index is 1.51. The molecule has 0 aliphatic heterocycles. The first-order chi connectivity index (χ1) is 14.9. The van der Waals surface area contributed by atoms with Gasteiger partial charge in [-0.05, 0) is 44.5 Å². The van der Waals surface area contributed by atoms with Crippen molar-refractivity contribution in [3.63, 3.8) is 0 Å². The summed E-state index contributed by atoms with van der Waals surface area (Å²) in [5.74, 6) is -0.606. The number of amides is 1. The maximum Gasteiger partial charge on any atom is 0.339 e. The van der Waals surface area contributed by atoms with E-state index in [1.54, 1.807) is 25.1 Å². The van der Waals surface area contributed by atoms with E-state index in [-0.39, 0.29) is 11.3 Å². The number of hydrogen-bond donors (Lipinski definition) is 1. The third-order valence-electron chi connectivity index (χ3n) is 4.85. The molecule has 1 aromatic carbocycles. The molecule has 0 spiro atoms. The van der Waals surface area contributed by atoms with Crippen LogP contribution in [0.3, 0.4) is 0 Å². The van der Waals surface area contributed by atoms with E-state index in [1.807, 2.05) is 31.2 Å². The molecule has 1 amide bonds. The second kappa shape index (κ2) is 8.43. The minimum atomic E-state index is -0.992. The Kier molecular flexibility index (Phi) is 5.53. The van der Waals surface area contributed by atoms with E-state index in [2.05, 4.69) is 15.5 Å². The molecule has 8 nitrogen and oxygen atoms in total. The van der Waals surface area contributed by atoms with Gasteiger partial charge in [-0.3, -0.25) is 4.79 Å². The lowest BCUT2D eigenvalue weighted by atomic mass is 10.1. The average molecular weight is 419 g/mol. The minimum Gasteiger partial charge on any atom is -0.463 e. The van der Waals surface area contributed by atoms with E-state index in [0.717, 1.165) is 11.1 Å². The second-order valence-electron chi connectivity index (χ2n) is 7.23. The SMILES string of the molecule is Cc1ccc(CNC(=O)C(C)OC(=O)c2cc(-c3ccco3)nc3onc(C)c23)cc1. The summed E-state index contributed by atoms with van der Waals surface area (Å²) in [6.07, 6.45) is 0.513. The molecular weight excluding hydrogens is 398 g/mol. The smallest absolute Gasteiger partial charge is 0.339 e. The number of carbonyl (C=O) groups is 2. The lowest BCUT2D eigenvalue weighted by Gasteiger charge is -2.14. The second-order valence-corrected chi connectivity index (χ2v) is 7.23. The van der Waals surface area contributed by atoms with Crippen molar-refractivity contribution in [1.29, 1.82) is 0 Å². The number of fused-ring (bicyclic) bond motifs is 1. The molecule has 0 radical (unpaired) electrons. The molecule has 1 unspecified atom stereocenters. The van der Waals surface area contributed by atoms with Gasteiger partial charge in [0.2, 0.25) is 0 Å². The van der Waals surface area contributed by atoms with Gasteiger partial charge in [-0.15, -0.1) is 0 Å². The third kappa shape index (κ3) is 4.32. The first kappa shape index (κ1) is 20.3. The van der Waals surface area contributed by atoms with Gasteiger partial charge in [0.25, 0.3) is 11.6 Å². The highest BCUT2D eigenvalue weighted by molar-refractivity contribution is 6.04. The Hall–Kier alpha value is -3.94. The molecular formula is C23H21N3O5. The summed E-state index contributed by atoms with van der Waals surface area (Å²) in [6.45, 7) is 5.56. The molecule has 8 heteroatoms. The first-order valence-electron chi connectivity index (χ1n) is 9.77. The maximum atomic E-state index is 12.9. The molecule has 158 valence electrons. The van der Waals surface area contributed by atoms with E-state index in [1.165, 1.54) is 13.2 Å². The number of nitrogens with zero attached hydrogens (tertiary/aromatic N) is 2. The molecule has 1 atom stereocenters. The highest BCUT2D eigenvalue weighted by Crippen LogP contribution is 2.28. The van der Waals surface area contributed by atoms with E-state index >= 15 is 0 Å². The molecule has 0 saturated carbocycles. The van der Waals surface area contributed by atoms with Crippen molar-refractivity contribution in [2.24, 2.45) is 0 Å². The summed E-state index contributed by atoms with van der Waals surface area (Å²) in [6, 6.07) is 12.8. The van der Waals surface area contributed by atoms with Crippen LogP contribution in [0.5, 0.6) is 0 Å². The van der Waals surface area contributed by atoms with Crippen molar-refractivity contribution >= 4 is 23.0 Å². The van der Waals surface area contributed by atoms with E-state index < -0.39 is 18.0 Å². The number of nitrogens with one attached hydrogen (secondary N) is 1. The van der Waals surface area contributed by atoms with Crippen molar-refractivity contribution in [2.45, 2.75) is 33.4 Å². The number of pyridine rings is 1. The highest BCUT2D eigenvalue weighted by atomic mass is 16.5. The maximum absolute atomic E-state index is 12.9. The van der Waals surface area contributed by atoms with Gasteiger partial charge in [0, 0.05) is 6.54 Å². The molecule has 0 aliphatic rings. The number of carbonyl (C=O) groups excluding carboxylic acids is 2. The molecule has 0 aliphatic carbocycles. The lowest BCUT2D eigenvalue weighted by Crippen LogP contribution is -2.35. The fourth-order valence-corrected chi connectivity index (χ4v) is 3.12. The van der Waals surface area contributed by atoms with Crippen LogP contribution in [0.25, 0.3) is 22.6 Å². The zero-order chi connectivity index (χ0) is 22.0. The Morgan fingerprint density at radius 2 is 1.94 bits per heavy atom. The Labute approximate surface area is 178 Å². The number of ether oxygens (including phenoxy) is 1. The number of furan rings is 1. The molecule has 4 aromatic rings. The van der Waals surface area contributed by atoms with Crippen LogP contribution >= 0.6 is 0 Å². The van der Waals surface area contributed by atoms with Crippen LogP contribution in [-0.4, -0.2) is 28.1 Å². The number of aryl methyl sites for hydroxylation is 2. The van der Waals surface area contributed by atoms with Crippen molar-refractivity contribution < 1.29 is 23.3 Å². The Morgan fingerprint density at radius 1 is 1.16 bits per heavy atom. The molecule has 1 N–H and O–H groups in total. The largest absolute Gasteiger partial charge is 0.463 e. The third-order valence-corrected chi connectivity index (χ3v) is 4.85. The molecule has 31 heavy (non-hydrogen) atoms. The van der Waals surface area contributed by atoms with Gasteiger partial charge in [0.15, 0.2) is 11.9 Å². The summed E-state index contributed by atoms with van der Waals surface area (Å²) in [7, 11) is 0. The molecule has 3 heterocycles. The Bertz CT molecular complexity index is 1230. The van der Waals surface area contributed by atoms with Crippen molar-refractivity contribution in [1.82, 2.24) is 15.5 Å². The number of aromatic nitrogens is 2. The minimum absolute atomic E-state index is 0.190. The van der Waals surface area contributed by atoms with Crippen LogP contribution < -0.4 is 5.32 Å². The van der Waals surface area contributed by atoms with Gasteiger partial charge >= 0.3 is 5.97 Å². The summed E-state index contributed by atoms with van der Waals surface area (Å²) in [5, 5.41) is 7.10. The summed E-state index contributed by atoms with van der Waals surface area (Å²) >= 11 is 0. The zero-order valence-corrected chi connectivity index (χ0v) is 17.3. The summed E-state index contributed by atoms with van der Waals surface area (Å²) in [4.78, 5) is 29.7. The number of benzene rings is 1. The fourth-order valence-electron chi connectivity index (χ4n) is 3.12. The molecule has 0 saturated heterocycles. The highest BCUT2D eigenvalue weighted by Gasteiger charge is 2.24. The van der Waals surface area contributed by atoms with Crippen molar-refractivity contribution in [3.05, 3.63) is 71.1 Å². The van der Waals surface area contributed by atoms with E-state index in [9.17, 15) is 9.59 Å². The topological polar surface area (TPSA) is 107 Å². The van der Waals surface area contributed by atoms with Gasteiger partial charge < -0.3 is 19.0 Å². The van der Waals surface area contributed by atoms with Crippen LogP contribution in [0.15, 0.2) is 57.7 Å². The van der Waals surface area contributed by atoms with Gasteiger partial charge in [-0.25, -0.2) is 9.78 Å². The van der Waals surface area contributed by atoms with Gasteiger partial charge in [0.05, 0.1) is 22.9 Å². The number of hydrogen-bond acceptors (Lipinski definition) is 7. The standard InChI is InChI=1S/C23H21N3O5/c1-13-6-8-16(9-7-13)12-24-21(27)15(3)30-23(28)17-11-18(19-5-4-10-29-19)25-22-20(17)14(2)26-31-22/h4-11,15H,12H2,1-3H3,(H,24,27). The zero-order valence-electron chi connectivity index (χ0n) is 17.3. The summed E-state index contributed by atoms with van der Waals surface area (Å²) in [5.41, 5.74) is 3.38. The van der Waals surface area contributed by atoms with Crippen LogP contribution in [0.4, 0.5) is 0 Å². The lowest BCUT2D eigenvalue weighted by molar-refractivity contribution is -0.129. The average Bonchev–Trinajstić information content (AvgIpc) is 3.43. The summed E-state index contributed by atoms with van der Waals surface area (Å²) < 4.78 is 16.0. The van der Waals surface area contributed by atoms with Gasteiger partial charge in [-0.2, -0.15) is 0 Å². The molecule has 0 bridgehead atoms. The Morgan fingerprint density at radius 3 is 2.65 bits per heavy atom. The fraction of sp³-hybridized carbons (Fsp3) is 0.217. The van der Waals surface area contributed by atoms with E-state index in [0.29, 0.717) is 29.1 Å². The molecule has 3 aromatic heterocycles. The molecule has 4 rings (SSSR count). The number of esters is 1. The van der Waals surface area contributed by atoms with Crippen LogP contribution in [0, 0.1) is 13.8 Å². The quantitative estimate of drug-likeness (QED) is 0.471. The van der Waals surface area contributed by atoms with Crippen molar-refractivity contribution in [3.8, 4) is 11.5 Å². The predicted molar refractivity (Wildman–Crippen MR) is 112 cm³/mol. The predicted octanol–water partition coefficient (Wildman–Crippen LogP) is 3.96. The van der Waals surface area contributed by atoms with Gasteiger partial charge in [-0.1, -0.05) is 35.0 Å². The van der Waals surface area contributed by atoms with Crippen LogP contribution in [-0.2, 0) is 16.1 Å². The van der Waals surface area contributed by atoms with Crippen molar-refractivity contribution in [2.75, 3.05) is 0 Å². The first-order valence-corrected chi connectivity index (χ1v) is 9.77. The van der Waals surface area contributed by atoms with E-state index in [4.69, 9.17) is 13.7 Å². The van der Waals surface area contributed by atoms with Crippen LogP contribution in [0.2, 0.25) is 0 Å². The number of rotatable bonds is 6. The monoisotopic (exact) mass is 419 g/mol. The normalized spacial score (nSPS) is 12.0.